The van der Waals surface area contributed by atoms with Crippen molar-refractivity contribution in [2.75, 3.05) is 13.2 Å². The van der Waals surface area contributed by atoms with Crippen molar-refractivity contribution in [3.8, 4) is 0 Å². The lowest BCUT2D eigenvalue weighted by molar-refractivity contribution is 0.129. The molecule has 1 aliphatic rings. The van der Waals surface area contributed by atoms with Crippen LogP contribution in [0.3, 0.4) is 0 Å². The fraction of sp³-hybridized carbons (Fsp3) is 1.00. The second kappa shape index (κ2) is 6.39. The van der Waals surface area contributed by atoms with Crippen molar-refractivity contribution >= 4 is 0 Å². The van der Waals surface area contributed by atoms with E-state index in [4.69, 9.17) is 10.5 Å². The topological polar surface area (TPSA) is 35.2 Å². The van der Waals surface area contributed by atoms with Crippen LogP contribution < -0.4 is 5.73 Å². The van der Waals surface area contributed by atoms with Crippen molar-refractivity contribution in [2.45, 2.75) is 51.5 Å². The maximum atomic E-state index is 5.91. The fourth-order valence-electron chi connectivity index (χ4n) is 2.10. The van der Waals surface area contributed by atoms with Crippen LogP contribution in [0, 0.1) is 5.92 Å². The highest BCUT2D eigenvalue weighted by Gasteiger charge is 2.15. The summed E-state index contributed by atoms with van der Waals surface area (Å²) in [5, 5.41) is 0. The molecule has 1 fully saturated rings. The molecule has 0 aromatic heterocycles. The van der Waals surface area contributed by atoms with Crippen LogP contribution >= 0.6 is 0 Å². The zero-order valence-corrected chi connectivity index (χ0v) is 8.80. The van der Waals surface area contributed by atoms with Crippen LogP contribution in [0.2, 0.25) is 0 Å². The van der Waals surface area contributed by atoms with Crippen molar-refractivity contribution in [1.82, 2.24) is 0 Å². The number of ether oxygens (including phenoxy) is 1. The third-order valence-corrected chi connectivity index (χ3v) is 2.96. The number of rotatable bonds is 6. The average molecular weight is 185 g/mol. The van der Waals surface area contributed by atoms with E-state index in [2.05, 4.69) is 0 Å². The summed E-state index contributed by atoms with van der Waals surface area (Å²) < 4.78 is 5.29. The maximum Gasteiger partial charge on any atom is 0.0617 e. The third kappa shape index (κ3) is 4.63. The first-order valence-corrected chi connectivity index (χ1v) is 5.66. The summed E-state index contributed by atoms with van der Waals surface area (Å²) in [6, 6.07) is 0.264. The lowest BCUT2D eigenvalue weighted by Gasteiger charge is -2.14. The molecule has 0 radical (unpaired) electrons. The Balaban J connectivity index is 1.97. The van der Waals surface area contributed by atoms with Crippen molar-refractivity contribution in [2.24, 2.45) is 11.7 Å². The SMILES string of the molecule is CCOCC(N)CCC1CCCC1. The minimum Gasteiger partial charge on any atom is -0.380 e. The van der Waals surface area contributed by atoms with Gasteiger partial charge < -0.3 is 10.5 Å². The van der Waals surface area contributed by atoms with Gasteiger partial charge in [0.1, 0.15) is 0 Å². The largest absolute Gasteiger partial charge is 0.380 e. The summed E-state index contributed by atoms with van der Waals surface area (Å²) in [6.45, 7) is 3.55. The van der Waals surface area contributed by atoms with Gasteiger partial charge in [0, 0.05) is 12.6 Å². The second-order valence-electron chi connectivity index (χ2n) is 4.15. The van der Waals surface area contributed by atoms with E-state index < -0.39 is 0 Å². The van der Waals surface area contributed by atoms with Gasteiger partial charge in [0.05, 0.1) is 6.61 Å². The van der Waals surface area contributed by atoms with E-state index in [1.54, 1.807) is 0 Å². The van der Waals surface area contributed by atoms with Crippen LogP contribution in [0.1, 0.15) is 45.4 Å². The molecule has 13 heavy (non-hydrogen) atoms. The van der Waals surface area contributed by atoms with Gasteiger partial charge in [-0.15, -0.1) is 0 Å². The average Bonchev–Trinajstić information content (AvgIpc) is 2.64. The Morgan fingerprint density at radius 2 is 2.08 bits per heavy atom. The predicted molar refractivity (Wildman–Crippen MR) is 55.7 cm³/mol. The van der Waals surface area contributed by atoms with Gasteiger partial charge in [-0.3, -0.25) is 0 Å². The third-order valence-electron chi connectivity index (χ3n) is 2.96. The fourth-order valence-corrected chi connectivity index (χ4v) is 2.10. The first kappa shape index (κ1) is 11.0. The highest BCUT2D eigenvalue weighted by atomic mass is 16.5. The van der Waals surface area contributed by atoms with Gasteiger partial charge in [-0.1, -0.05) is 25.7 Å². The van der Waals surface area contributed by atoms with Crippen LogP contribution in [0.15, 0.2) is 0 Å². The van der Waals surface area contributed by atoms with E-state index >= 15 is 0 Å². The summed E-state index contributed by atoms with van der Waals surface area (Å²) in [6.07, 6.45) is 8.19. The van der Waals surface area contributed by atoms with Crippen molar-refractivity contribution < 1.29 is 4.74 Å². The number of hydrogen-bond donors (Lipinski definition) is 1. The number of nitrogens with two attached hydrogens (primary N) is 1. The highest BCUT2D eigenvalue weighted by molar-refractivity contribution is 4.70. The Kier molecular flexibility index (Phi) is 5.40. The Morgan fingerprint density at radius 1 is 1.38 bits per heavy atom. The molecule has 1 rings (SSSR count). The summed E-state index contributed by atoms with van der Waals surface area (Å²) in [5.74, 6) is 0.965. The van der Waals surface area contributed by atoms with E-state index in [1.807, 2.05) is 6.92 Å². The molecule has 0 aromatic rings. The molecule has 0 bridgehead atoms. The zero-order chi connectivity index (χ0) is 9.52. The molecule has 2 heteroatoms. The lowest BCUT2D eigenvalue weighted by Crippen LogP contribution is -2.26. The lowest BCUT2D eigenvalue weighted by atomic mass is 9.99. The summed E-state index contributed by atoms with van der Waals surface area (Å²) in [5.41, 5.74) is 5.91. The smallest absolute Gasteiger partial charge is 0.0617 e. The monoisotopic (exact) mass is 185 g/mol. The predicted octanol–water partition coefficient (Wildman–Crippen LogP) is 2.32. The molecule has 1 aliphatic carbocycles. The van der Waals surface area contributed by atoms with Crippen LogP contribution in [0.4, 0.5) is 0 Å². The minimum atomic E-state index is 0.264. The molecular weight excluding hydrogens is 162 g/mol. The molecule has 2 nitrogen and oxygen atoms in total. The molecule has 1 unspecified atom stereocenters. The van der Waals surface area contributed by atoms with Gasteiger partial charge >= 0.3 is 0 Å². The molecule has 0 spiro atoms. The van der Waals surface area contributed by atoms with Gasteiger partial charge in [0.25, 0.3) is 0 Å². The maximum absolute atomic E-state index is 5.91. The molecule has 0 amide bonds. The standard InChI is InChI=1S/C11H23NO/c1-2-13-9-11(12)8-7-10-5-3-4-6-10/h10-11H,2-9,12H2,1H3. The van der Waals surface area contributed by atoms with Crippen LogP contribution in [0.25, 0.3) is 0 Å². The molecule has 78 valence electrons. The zero-order valence-electron chi connectivity index (χ0n) is 8.80. The van der Waals surface area contributed by atoms with Crippen LogP contribution in [-0.2, 0) is 4.74 Å². The Morgan fingerprint density at radius 3 is 2.69 bits per heavy atom. The van der Waals surface area contributed by atoms with E-state index in [1.165, 1.54) is 32.1 Å². The summed E-state index contributed by atoms with van der Waals surface area (Å²) in [4.78, 5) is 0. The first-order chi connectivity index (χ1) is 6.33. The van der Waals surface area contributed by atoms with Gasteiger partial charge in [-0.05, 0) is 25.7 Å². The molecule has 1 atom stereocenters. The Hall–Kier alpha value is -0.0800. The minimum absolute atomic E-state index is 0.264. The van der Waals surface area contributed by atoms with Crippen molar-refractivity contribution in [3.05, 3.63) is 0 Å². The Bertz CT molecular complexity index is 121. The normalized spacial score (nSPS) is 20.8. The summed E-state index contributed by atoms with van der Waals surface area (Å²) in [7, 11) is 0. The van der Waals surface area contributed by atoms with Crippen LogP contribution in [-0.4, -0.2) is 19.3 Å². The van der Waals surface area contributed by atoms with Gasteiger partial charge in [-0.25, -0.2) is 0 Å². The second-order valence-corrected chi connectivity index (χ2v) is 4.15. The summed E-state index contributed by atoms with van der Waals surface area (Å²) >= 11 is 0. The molecule has 2 N–H and O–H groups in total. The molecule has 0 aromatic carbocycles. The molecule has 1 saturated carbocycles. The van der Waals surface area contributed by atoms with E-state index in [-0.39, 0.29) is 6.04 Å². The molecule has 0 heterocycles. The molecule has 0 saturated heterocycles. The van der Waals surface area contributed by atoms with Gasteiger partial charge in [-0.2, -0.15) is 0 Å². The van der Waals surface area contributed by atoms with Gasteiger partial charge in [0.2, 0.25) is 0 Å². The molecule has 0 aliphatic heterocycles. The quantitative estimate of drug-likeness (QED) is 0.689. The van der Waals surface area contributed by atoms with Crippen molar-refractivity contribution in [3.63, 3.8) is 0 Å². The molecular formula is C11H23NO. The van der Waals surface area contributed by atoms with E-state index in [9.17, 15) is 0 Å². The van der Waals surface area contributed by atoms with E-state index in [0.717, 1.165) is 25.6 Å². The first-order valence-electron chi connectivity index (χ1n) is 5.66. The highest BCUT2D eigenvalue weighted by Crippen LogP contribution is 2.28. The number of hydrogen-bond acceptors (Lipinski definition) is 2. The van der Waals surface area contributed by atoms with Gasteiger partial charge in [0.15, 0.2) is 0 Å². The Labute approximate surface area is 81.8 Å². The van der Waals surface area contributed by atoms with E-state index in [0.29, 0.717) is 0 Å². The van der Waals surface area contributed by atoms with Crippen molar-refractivity contribution in [1.29, 1.82) is 0 Å². The van der Waals surface area contributed by atoms with Crippen LogP contribution in [0.5, 0.6) is 0 Å².